The van der Waals surface area contributed by atoms with Crippen LogP contribution in [0.1, 0.15) is 0 Å². The van der Waals surface area contributed by atoms with Gasteiger partial charge in [0, 0.05) is 16.5 Å². The molecule has 40 heavy (non-hydrogen) atoms. The van der Waals surface area contributed by atoms with Gasteiger partial charge in [0.05, 0.1) is 20.8 Å². The molecule has 0 saturated heterocycles. The Bertz CT molecular complexity index is 2040. The van der Waals surface area contributed by atoms with Gasteiger partial charge in [0.25, 0.3) is 0 Å². The normalized spacial score (nSPS) is 11.7. The number of benzene rings is 6. The van der Waals surface area contributed by atoms with E-state index in [0.29, 0.717) is 4.90 Å². The lowest BCUT2D eigenvalue weighted by molar-refractivity contribution is 0.596. The lowest BCUT2D eigenvalue weighted by Gasteiger charge is -2.13. The Labute approximate surface area is 233 Å². The fraction of sp³-hybridized carbons (Fsp3) is 0. The molecular formula is C36H25NO2S. The van der Waals surface area contributed by atoms with Gasteiger partial charge in [-0.15, -0.1) is 0 Å². The molecule has 0 N–H and O–H groups in total. The van der Waals surface area contributed by atoms with Crippen molar-refractivity contribution in [3.05, 3.63) is 152 Å². The van der Waals surface area contributed by atoms with Crippen molar-refractivity contribution in [1.29, 1.82) is 0 Å². The number of aromatic nitrogens is 1. The van der Waals surface area contributed by atoms with Crippen molar-refractivity contribution >= 4 is 31.6 Å². The van der Waals surface area contributed by atoms with E-state index in [0.717, 1.165) is 27.9 Å². The third kappa shape index (κ3) is 4.01. The highest BCUT2D eigenvalue weighted by Gasteiger charge is 2.18. The fourth-order valence-corrected chi connectivity index (χ4v) is 6.81. The van der Waals surface area contributed by atoms with Gasteiger partial charge in [-0.1, -0.05) is 103 Å². The summed E-state index contributed by atoms with van der Waals surface area (Å²) in [4.78, 5) is 0.585. The van der Waals surface area contributed by atoms with Crippen molar-refractivity contribution in [2.24, 2.45) is 0 Å². The molecule has 0 aliphatic heterocycles. The Kier molecular flexibility index (Phi) is 5.84. The zero-order valence-electron chi connectivity index (χ0n) is 21.6. The Morgan fingerprint density at radius 2 is 0.825 bits per heavy atom. The van der Waals surface area contributed by atoms with Gasteiger partial charge in [-0.3, -0.25) is 0 Å². The van der Waals surface area contributed by atoms with Crippen LogP contribution in [0.15, 0.2) is 161 Å². The van der Waals surface area contributed by atoms with E-state index < -0.39 is 9.84 Å². The van der Waals surface area contributed by atoms with E-state index in [4.69, 9.17) is 0 Å². The minimum absolute atomic E-state index is 0.287. The van der Waals surface area contributed by atoms with E-state index in [1.165, 1.54) is 21.8 Å². The second kappa shape index (κ2) is 9.67. The van der Waals surface area contributed by atoms with Crippen molar-refractivity contribution in [1.82, 2.24) is 4.57 Å². The lowest BCUT2D eigenvalue weighted by Crippen LogP contribution is -2.01. The van der Waals surface area contributed by atoms with Gasteiger partial charge in [0.1, 0.15) is 0 Å². The first-order valence-electron chi connectivity index (χ1n) is 13.2. The molecule has 3 nitrogen and oxygen atoms in total. The summed E-state index contributed by atoms with van der Waals surface area (Å²) < 4.78 is 28.4. The molecule has 0 atom stereocenters. The number of para-hydroxylation sites is 2. The zero-order valence-corrected chi connectivity index (χ0v) is 22.4. The third-order valence-electron chi connectivity index (χ3n) is 7.47. The molecule has 192 valence electrons. The zero-order chi connectivity index (χ0) is 27.1. The molecule has 0 unspecified atom stereocenters. The molecular weight excluding hydrogens is 510 g/mol. The highest BCUT2D eigenvalue weighted by molar-refractivity contribution is 7.91. The molecule has 0 aliphatic carbocycles. The quantitative estimate of drug-likeness (QED) is 0.221. The first-order valence-corrected chi connectivity index (χ1v) is 14.7. The largest absolute Gasteiger partial charge is 0.309 e. The van der Waals surface area contributed by atoms with Crippen LogP contribution in [0.25, 0.3) is 49.7 Å². The standard InChI is InChI=1S/C36H25NO2S/c38-40(39,29-10-2-1-3-11-29)30-24-20-27(21-25-30)32-13-5-4-12-31(32)26-18-22-28(23-19-26)37-35-16-8-6-14-33(35)34-15-7-9-17-36(34)37/h1-25H. The van der Waals surface area contributed by atoms with Crippen LogP contribution in [0.2, 0.25) is 0 Å². The molecule has 0 fully saturated rings. The number of rotatable bonds is 5. The van der Waals surface area contributed by atoms with E-state index >= 15 is 0 Å². The molecule has 6 aromatic carbocycles. The number of hydrogen-bond acceptors (Lipinski definition) is 2. The number of sulfone groups is 1. The summed E-state index contributed by atoms with van der Waals surface area (Å²) in [5.41, 5.74) is 7.68. The minimum Gasteiger partial charge on any atom is -0.309 e. The summed E-state index contributed by atoms with van der Waals surface area (Å²) in [6.07, 6.45) is 0. The second-order valence-electron chi connectivity index (χ2n) is 9.80. The van der Waals surface area contributed by atoms with Crippen LogP contribution in [-0.4, -0.2) is 13.0 Å². The molecule has 4 heteroatoms. The van der Waals surface area contributed by atoms with Gasteiger partial charge in [-0.25, -0.2) is 8.42 Å². The average molecular weight is 536 g/mol. The van der Waals surface area contributed by atoms with Crippen molar-refractivity contribution in [2.75, 3.05) is 0 Å². The first-order chi connectivity index (χ1) is 19.6. The topological polar surface area (TPSA) is 39.1 Å². The predicted octanol–water partition coefficient (Wildman–Crippen LogP) is 8.95. The molecule has 0 saturated carbocycles. The first kappa shape index (κ1) is 24.1. The van der Waals surface area contributed by atoms with Gasteiger partial charge in [0.2, 0.25) is 9.84 Å². The predicted molar refractivity (Wildman–Crippen MR) is 164 cm³/mol. The summed E-state index contributed by atoms with van der Waals surface area (Å²) in [6.45, 7) is 0. The van der Waals surface area contributed by atoms with Gasteiger partial charge < -0.3 is 4.57 Å². The van der Waals surface area contributed by atoms with E-state index in [1.54, 1.807) is 36.4 Å². The van der Waals surface area contributed by atoms with Crippen LogP contribution in [0.3, 0.4) is 0 Å². The molecule has 0 bridgehead atoms. The molecule has 0 spiro atoms. The van der Waals surface area contributed by atoms with Crippen LogP contribution < -0.4 is 0 Å². The van der Waals surface area contributed by atoms with E-state index in [9.17, 15) is 8.42 Å². The lowest BCUT2D eigenvalue weighted by atomic mass is 9.94. The van der Waals surface area contributed by atoms with Crippen molar-refractivity contribution in [3.8, 4) is 27.9 Å². The number of hydrogen-bond donors (Lipinski definition) is 0. The summed E-state index contributed by atoms with van der Waals surface area (Å²) >= 11 is 0. The minimum atomic E-state index is -3.56. The SMILES string of the molecule is O=S(=O)(c1ccccc1)c1ccc(-c2ccccc2-c2ccc(-n3c4ccccc4c4ccccc43)cc2)cc1. The Hall–Kier alpha value is -4.93. The van der Waals surface area contributed by atoms with Gasteiger partial charge in [0.15, 0.2) is 0 Å². The number of nitrogens with zero attached hydrogens (tertiary/aromatic N) is 1. The van der Waals surface area contributed by atoms with Gasteiger partial charge in [-0.2, -0.15) is 0 Å². The Morgan fingerprint density at radius 3 is 1.38 bits per heavy atom. The highest BCUT2D eigenvalue weighted by Crippen LogP contribution is 2.35. The Balaban J connectivity index is 1.26. The molecule has 0 aliphatic rings. The van der Waals surface area contributed by atoms with Crippen molar-refractivity contribution < 1.29 is 8.42 Å². The third-order valence-corrected chi connectivity index (χ3v) is 9.26. The van der Waals surface area contributed by atoms with Crippen LogP contribution in [-0.2, 0) is 9.84 Å². The molecule has 0 radical (unpaired) electrons. The average Bonchev–Trinajstić information content (AvgIpc) is 3.36. The van der Waals surface area contributed by atoms with E-state index in [-0.39, 0.29) is 4.90 Å². The van der Waals surface area contributed by atoms with Gasteiger partial charge in [-0.05, 0) is 70.8 Å². The maximum Gasteiger partial charge on any atom is 0.206 e. The van der Waals surface area contributed by atoms with E-state index in [1.807, 2.05) is 30.3 Å². The number of fused-ring (bicyclic) bond motifs is 3. The molecule has 7 aromatic rings. The molecule has 7 rings (SSSR count). The van der Waals surface area contributed by atoms with Gasteiger partial charge >= 0.3 is 0 Å². The smallest absolute Gasteiger partial charge is 0.206 e. The monoisotopic (exact) mass is 535 g/mol. The molecule has 0 amide bonds. The second-order valence-corrected chi connectivity index (χ2v) is 11.8. The van der Waals surface area contributed by atoms with Crippen LogP contribution in [0, 0.1) is 0 Å². The summed E-state index contributed by atoms with van der Waals surface area (Å²) in [7, 11) is -3.56. The fourth-order valence-electron chi connectivity index (χ4n) is 5.53. The van der Waals surface area contributed by atoms with Crippen LogP contribution in [0.5, 0.6) is 0 Å². The molecule has 1 aromatic heterocycles. The molecule has 1 heterocycles. The van der Waals surface area contributed by atoms with Crippen LogP contribution in [0.4, 0.5) is 0 Å². The summed E-state index contributed by atoms with van der Waals surface area (Å²) in [5.74, 6) is 0. The Morgan fingerprint density at radius 1 is 0.400 bits per heavy atom. The highest BCUT2D eigenvalue weighted by atomic mass is 32.2. The summed E-state index contributed by atoms with van der Waals surface area (Å²) in [6, 6.07) is 49.6. The maximum absolute atomic E-state index is 13.1. The summed E-state index contributed by atoms with van der Waals surface area (Å²) in [5, 5.41) is 2.48. The van der Waals surface area contributed by atoms with Crippen molar-refractivity contribution in [3.63, 3.8) is 0 Å². The maximum atomic E-state index is 13.1. The van der Waals surface area contributed by atoms with Crippen molar-refractivity contribution in [2.45, 2.75) is 9.79 Å². The van der Waals surface area contributed by atoms with Crippen LogP contribution >= 0.6 is 0 Å². The van der Waals surface area contributed by atoms with E-state index in [2.05, 4.69) is 89.5 Å².